The van der Waals surface area contributed by atoms with Gasteiger partial charge in [0.1, 0.15) is 23.3 Å². The summed E-state index contributed by atoms with van der Waals surface area (Å²) >= 11 is 0. The van der Waals surface area contributed by atoms with Crippen molar-refractivity contribution in [3.05, 3.63) is 59.4 Å². The van der Waals surface area contributed by atoms with Gasteiger partial charge in [0.25, 0.3) is 0 Å². The highest BCUT2D eigenvalue weighted by atomic mass is 19.1. The van der Waals surface area contributed by atoms with E-state index < -0.39 is 17.8 Å². The van der Waals surface area contributed by atoms with Gasteiger partial charge in [-0.3, -0.25) is 4.79 Å². The Morgan fingerprint density at radius 2 is 1.84 bits per heavy atom. The summed E-state index contributed by atoms with van der Waals surface area (Å²) in [4.78, 5) is 12.9. The number of nitrogens with one attached hydrogen (secondary N) is 1. The number of hydrogen-bond donors (Lipinski definition) is 1. The molecule has 1 aliphatic heterocycles. The van der Waals surface area contributed by atoms with Crippen molar-refractivity contribution in [1.82, 2.24) is 0 Å². The number of ether oxygens (including phenoxy) is 3. The minimum atomic E-state index is -0.721. The maximum atomic E-state index is 13.1. The monoisotopic (exact) mass is 441 g/mol. The Labute approximate surface area is 189 Å². The smallest absolute Gasteiger partial charge is 0.309 e. The molecular formula is C26H32FNO4. The molecule has 0 bridgehead atoms. The average molecular weight is 442 g/mol. The van der Waals surface area contributed by atoms with E-state index in [0.29, 0.717) is 6.54 Å². The standard InChI is InChI=1S/C26H32FNO4/c1-26(2)24(31-25(29)18-7-5-4-6-8-18)23(30-3)21-15-20(13-14-22(21)32-26)28-16-17-9-11-19(27)12-10-17/h9-15,18,23-24,28H,4-8,16H2,1-3H3. The maximum absolute atomic E-state index is 13.1. The zero-order valence-electron chi connectivity index (χ0n) is 19.0. The van der Waals surface area contributed by atoms with Crippen LogP contribution in [-0.2, 0) is 20.8 Å². The Balaban J connectivity index is 1.52. The van der Waals surface area contributed by atoms with E-state index in [0.717, 1.165) is 48.2 Å². The molecule has 0 radical (unpaired) electrons. The van der Waals surface area contributed by atoms with Crippen LogP contribution in [-0.4, -0.2) is 24.8 Å². The van der Waals surface area contributed by atoms with E-state index in [1.54, 1.807) is 19.2 Å². The lowest BCUT2D eigenvalue weighted by Gasteiger charge is -2.44. The number of hydrogen-bond acceptors (Lipinski definition) is 5. The van der Waals surface area contributed by atoms with Crippen LogP contribution in [0.4, 0.5) is 10.1 Å². The van der Waals surface area contributed by atoms with Crippen molar-refractivity contribution in [3.8, 4) is 5.75 Å². The van der Waals surface area contributed by atoms with Gasteiger partial charge in [-0.2, -0.15) is 0 Å². The predicted octanol–water partition coefficient (Wildman–Crippen LogP) is 5.79. The molecule has 2 aromatic carbocycles. The van der Waals surface area contributed by atoms with Crippen molar-refractivity contribution >= 4 is 11.7 Å². The molecule has 2 aromatic rings. The molecule has 0 aromatic heterocycles. The fourth-order valence-corrected chi connectivity index (χ4v) is 4.66. The molecule has 6 heteroatoms. The zero-order valence-corrected chi connectivity index (χ0v) is 19.0. The third-order valence-corrected chi connectivity index (χ3v) is 6.49. The van der Waals surface area contributed by atoms with Crippen LogP contribution in [0, 0.1) is 11.7 Å². The third kappa shape index (κ3) is 4.90. The molecule has 0 saturated heterocycles. The first-order chi connectivity index (χ1) is 15.4. The van der Waals surface area contributed by atoms with Crippen LogP contribution in [0.25, 0.3) is 0 Å². The molecule has 1 aliphatic carbocycles. The van der Waals surface area contributed by atoms with Crippen LogP contribution in [0.2, 0.25) is 0 Å². The maximum Gasteiger partial charge on any atom is 0.309 e. The minimum Gasteiger partial charge on any atom is -0.483 e. The largest absolute Gasteiger partial charge is 0.483 e. The highest BCUT2D eigenvalue weighted by molar-refractivity contribution is 5.73. The Hall–Kier alpha value is -2.60. The Morgan fingerprint density at radius 1 is 1.12 bits per heavy atom. The normalized spacial score (nSPS) is 22.5. The molecule has 172 valence electrons. The van der Waals surface area contributed by atoms with Gasteiger partial charge in [-0.05, 0) is 62.6 Å². The number of rotatable bonds is 6. The lowest BCUT2D eigenvalue weighted by Crippen LogP contribution is -2.52. The summed E-state index contributed by atoms with van der Waals surface area (Å²) in [5, 5.41) is 3.36. The van der Waals surface area contributed by atoms with Crippen LogP contribution in [0.5, 0.6) is 5.75 Å². The summed E-state index contributed by atoms with van der Waals surface area (Å²) in [5.41, 5.74) is 1.98. The first-order valence-electron chi connectivity index (χ1n) is 11.4. The van der Waals surface area contributed by atoms with Gasteiger partial charge >= 0.3 is 5.97 Å². The van der Waals surface area contributed by atoms with Crippen molar-refractivity contribution in [2.75, 3.05) is 12.4 Å². The molecule has 2 unspecified atom stereocenters. The molecule has 5 nitrogen and oxygen atoms in total. The van der Waals surface area contributed by atoms with Gasteiger partial charge < -0.3 is 19.5 Å². The number of benzene rings is 2. The van der Waals surface area contributed by atoms with E-state index >= 15 is 0 Å². The number of esters is 1. The van der Waals surface area contributed by atoms with Crippen molar-refractivity contribution in [3.63, 3.8) is 0 Å². The van der Waals surface area contributed by atoms with Crippen molar-refractivity contribution in [2.45, 2.75) is 70.3 Å². The molecule has 1 N–H and O–H groups in total. The summed E-state index contributed by atoms with van der Waals surface area (Å²) in [6.07, 6.45) is 4.12. The number of fused-ring (bicyclic) bond motifs is 1. The van der Waals surface area contributed by atoms with Gasteiger partial charge in [-0.15, -0.1) is 0 Å². The lowest BCUT2D eigenvalue weighted by atomic mass is 9.86. The Morgan fingerprint density at radius 3 is 2.53 bits per heavy atom. The average Bonchev–Trinajstić information content (AvgIpc) is 2.79. The number of carbonyl (C=O) groups is 1. The van der Waals surface area contributed by atoms with E-state index in [1.165, 1.54) is 18.6 Å². The molecule has 1 fully saturated rings. The van der Waals surface area contributed by atoms with Crippen molar-refractivity contribution in [1.29, 1.82) is 0 Å². The SMILES string of the molecule is COC1c2cc(NCc3ccc(F)cc3)ccc2OC(C)(C)C1OC(=O)C1CCCCC1. The zero-order chi connectivity index (χ0) is 22.7. The highest BCUT2D eigenvalue weighted by Crippen LogP contribution is 2.44. The fourth-order valence-electron chi connectivity index (χ4n) is 4.66. The molecule has 1 saturated carbocycles. The summed E-state index contributed by atoms with van der Waals surface area (Å²) in [6.45, 7) is 4.42. The molecule has 2 atom stereocenters. The second-order valence-electron chi connectivity index (χ2n) is 9.29. The van der Waals surface area contributed by atoms with Crippen LogP contribution < -0.4 is 10.1 Å². The second kappa shape index (κ2) is 9.49. The number of anilines is 1. The van der Waals surface area contributed by atoms with Crippen LogP contribution >= 0.6 is 0 Å². The van der Waals surface area contributed by atoms with Gasteiger partial charge in [-0.25, -0.2) is 4.39 Å². The number of halogens is 1. The van der Waals surface area contributed by atoms with Crippen LogP contribution in [0.1, 0.15) is 63.2 Å². The Bertz CT molecular complexity index is 937. The highest BCUT2D eigenvalue weighted by Gasteiger charge is 2.47. The quantitative estimate of drug-likeness (QED) is 0.575. The first-order valence-corrected chi connectivity index (χ1v) is 11.4. The number of methoxy groups -OCH3 is 1. The van der Waals surface area contributed by atoms with Gasteiger partial charge in [-0.1, -0.05) is 31.4 Å². The molecule has 32 heavy (non-hydrogen) atoms. The summed E-state index contributed by atoms with van der Waals surface area (Å²) in [7, 11) is 1.63. The topological polar surface area (TPSA) is 56.8 Å². The van der Waals surface area contributed by atoms with Gasteiger partial charge in [0.15, 0.2) is 6.10 Å². The third-order valence-electron chi connectivity index (χ3n) is 6.49. The lowest BCUT2D eigenvalue weighted by molar-refractivity contribution is -0.186. The first kappa shape index (κ1) is 22.6. The second-order valence-corrected chi connectivity index (χ2v) is 9.29. The molecule has 4 rings (SSSR count). The Kier molecular flexibility index (Phi) is 6.70. The van der Waals surface area contributed by atoms with E-state index in [2.05, 4.69) is 5.32 Å². The van der Waals surface area contributed by atoms with E-state index in [-0.39, 0.29) is 17.7 Å². The molecule has 0 amide bonds. The van der Waals surface area contributed by atoms with E-state index in [9.17, 15) is 9.18 Å². The van der Waals surface area contributed by atoms with Crippen molar-refractivity contribution < 1.29 is 23.4 Å². The predicted molar refractivity (Wildman–Crippen MR) is 121 cm³/mol. The summed E-state index contributed by atoms with van der Waals surface area (Å²) in [6, 6.07) is 12.2. The number of carbonyl (C=O) groups excluding carboxylic acids is 1. The summed E-state index contributed by atoms with van der Waals surface area (Å²) in [5.74, 6) is 0.280. The fraction of sp³-hybridized carbons (Fsp3) is 0.500. The van der Waals surface area contributed by atoms with Gasteiger partial charge in [0.2, 0.25) is 0 Å². The van der Waals surface area contributed by atoms with Crippen molar-refractivity contribution in [2.24, 2.45) is 5.92 Å². The van der Waals surface area contributed by atoms with Crippen LogP contribution in [0.15, 0.2) is 42.5 Å². The molecular weight excluding hydrogens is 409 g/mol. The molecule has 2 aliphatic rings. The van der Waals surface area contributed by atoms with Gasteiger partial charge in [0.05, 0.1) is 5.92 Å². The van der Waals surface area contributed by atoms with Gasteiger partial charge in [0, 0.05) is 24.9 Å². The molecule has 1 heterocycles. The summed E-state index contributed by atoms with van der Waals surface area (Å²) < 4.78 is 31.3. The van der Waals surface area contributed by atoms with Crippen LogP contribution in [0.3, 0.4) is 0 Å². The molecule has 0 spiro atoms. The van der Waals surface area contributed by atoms with E-state index in [4.69, 9.17) is 14.2 Å². The van der Waals surface area contributed by atoms with E-state index in [1.807, 2.05) is 32.0 Å². The minimum absolute atomic E-state index is 0.0397.